The van der Waals surface area contributed by atoms with Crippen molar-refractivity contribution in [2.24, 2.45) is 0 Å². The largest absolute Gasteiger partial charge is 0.551 e. The molecule has 9 aromatic carbocycles. The first-order chi connectivity index (χ1) is 29.2. The molecule has 0 amide bonds. The Morgan fingerprint density at radius 3 is 1.80 bits per heavy atom. The zero-order chi connectivity index (χ0) is 38.6. The average molecular weight is 754 g/mol. The molecule has 0 atom stereocenters. The molecule has 0 bridgehead atoms. The Balaban J connectivity index is 1.01. The van der Waals surface area contributed by atoms with Crippen molar-refractivity contribution in [3.63, 3.8) is 0 Å². The molecule has 0 N–H and O–H groups in total. The van der Waals surface area contributed by atoms with E-state index in [2.05, 4.69) is 174 Å². The Hall–Kier alpha value is -7.76. The van der Waals surface area contributed by atoms with Crippen molar-refractivity contribution < 1.29 is 13.8 Å². The molecule has 2 aliphatic heterocycles. The molecule has 0 spiro atoms. The summed E-state index contributed by atoms with van der Waals surface area (Å²) < 4.78 is 22.4. The van der Waals surface area contributed by atoms with Gasteiger partial charge in [-0.2, -0.15) is 0 Å². The van der Waals surface area contributed by atoms with E-state index < -0.39 is 0 Å². The summed E-state index contributed by atoms with van der Waals surface area (Å²) in [5, 5.41) is 4.70. The van der Waals surface area contributed by atoms with Gasteiger partial charge in [0.15, 0.2) is 0 Å². The van der Waals surface area contributed by atoms with Gasteiger partial charge in [-0.3, -0.25) is 0 Å². The minimum absolute atomic E-state index is 0.297. The topological polar surface area (TPSA) is 36.5 Å². The smallest absolute Gasteiger partial charge is 0.434 e. The molecule has 2 aromatic heterocycles. The molecule has 0 saturated heterocycles. The first kappa shape index (κ1) is 32.3. The predicted molar refractivity (Wildman–Crippen MR) is 242 cm³/mol. The van der Waals surface area contributed by atoms with E-state index in [0.717, 1.165) is 100 Å². The Morgan fingerprint density at radius 1 is 0.373 bits per heavy atom. The number of nitrogens with zero attached hydrogens (tertiary/aromatic N) is 1. The normalized spacial score (nSPS) is 12.6. The predicted octanol–water partition coefficient (Wildman–Crippen LogP) is 13.0. The highest BCUT2D eigenvalue weighted by atomic mass is 16.5. The van der Waals surface area contributed by atoms with Gasteiger partial charge >= 0.3 is 6.92 Å². The molecule has 0 aliphatic carbocycles. The maximum atomic E-state index is 6.98. The van der Waals surface area contributed by atoms with Crippen LogP contribution in [-0.2, 0) is 0 Å². The highest BCUT2D eigenvalue weighted by molar-refractivity contribution is 6.84. The number of aromatic nitrogens is 1. The Labute approximate surface area is 340 Å². The summed E-state index contributed by atoms with van der Waals surface area (Å²) in [6.07, 6.45) is 0. The monoisotopic (exact) mass is 753 g/mol. The lowest BCUT2D eigenvalue weighted by Gasteiger charge is -2.33. The van der Waals surface area contributed by atoms with E-state index >= 15 is 0 Å². The fraction of sp³-hybridized carbons (Fsp3) is 0. The van der Waals surface area contributed by atoms with Crippen molar-refractivity contribution in [2.45, 2.75) is 0 Å². The molecule has 11 aromatic rings. The highest BCUT2D eigenvalue weighted by Gasteiger charge is 2.41. The van der Waals surface area contributed by atoms with Crippen LogP contribution in [0.2, 0.25) is 0 Å². The number of fused-ring (bicyclic) bond motifs is 10. The van der Waals surface area contributed by atoms with Crippen LogP contribution in [-0.4, -0.2) is 11.5 Å². The highest BCUT2D eigenvalue weighted by Crippen LogP contribution is 2.46. The number of hydrogen-bond donors (Lipinski definition) is 0. The maximum absolute atomic E-state index is 6.98. The number of para-hydroxylation sites is 5. The van der Waals surface area contributed by atoms with Crippen LogP contribution in [0.15, 0.2) is 199 Å². The van der Waals surface area contributed by atoms with Crippen LogP contribution in [0.3, 0.4) is 0 Å². The van der Waals surface area contributed by atoms with Gasteiger partial charge in [-0.1, -0.05) is 127 Å². The number of hydrogen-bond acceptors (Lipinski definition) is 3. The molecule has 0 unspecified atom stereocenters. The first-order valence-electron chi connectivity index (χ1n) is 20.1. The molecule has 274 valence electrons. The Morgan fingerprint density at radius 2 is 0.983 bits per heavy atom. The van der Waals surface area contributed by atoms with Gasteiger partial charge in [0.2, 0.25) is 0 Å². The van der Waals surface area contributed by atoms with Gasteiger partial charge in [0.05, 0.1) is 16.7 Å². The molecule has 13 rings (SSSR count). The number of rotatable bonds is 4. The molecule has 0 radical (unpaired) electrons. The summed E-state index contributed by atoms with van der Waals surface area (Å²) in [6.45, 7) is -0.297. The number of ether oxygens (including phenoxy) is 1. The molecule has 0 fully saturated rings. The third-order valence-electron chi connectivity index (χ3n) is 12.3. The maximum Gasteiger partial charge on any atom is 0.434 e. The Bertz CT molecular complexity index is 3490. The van der Waals surface area contributed by atoms with Crippen LogP contribution in [0.25, 0.3) is 93.9 Å². The second-order valence-electron chi connectivity index (χ2n) is 15.5. The summed E-state index contributed by atoms with van der Waals surface area (Å²) in [5.74, 6) is 2.49. The van der Waals surface area contributed by atoms with Crippen molar-refractivity contribution in [3.8, 4) is 67.4 Å². The molecule has 59 heavy (non-hydrogen) atoms. The fourth-order valence-electron chi connectivity index (χ4n) is 9.66. The summed E-state index contributed by atoms with van der Waals surface area (Å²) in [6, 6.07) is 69.0. The van der Waals surface area contributed by atoms with Gasteiger partial charge < -0.3 is 18.4 Å². The summed E-state index contributed by atoms with van der Waals surface area (Å²) in [5.41, 5.74) is 16.2. The lowest BCUT2D eigenvalue weighted by molar-refractivity contribution is 0.479. The van der Waals surface area contributed by atoms with Crippen molar-refractivity contribution in [2.75, 3.05) is 0 Å². The van der Waals surface area contributed by atoms with Gasteiger partial charge in [0.25, 0.3) is 0 Å². The SMILES string of the molecule is c1ccc2c(c1)Oc1cc(-c3ccccc3-n3c4ccccc4c4ccccc43)cc3c1B2Oc1ccc(-c2ccccc2-c2ccc4oc5ccccc5c4c2)cc1-3. The van der Waals surface area contributed by atoms with E-state index in [1.54, 1.807) is 0 Å². The van der Waals surface area contributed by atoms with E-state index in [1.165, 1.54) is 21.8 Å². The van der Waals surface area contributed by atoms with Gasteiger partial charge in [-0.15, -0.1) is 0 Å². The van der Waals surface area contributed by atoms with E-state index in [4.69, 9.17) is 13.8 Å². The van der Waals surface area contributed by atoms with Gasteiger partial charge in [0.1, 0.15) is 28.4 Å². The summed E-state index contributed by atoms with van der Waals surface area (Å²) in [4.78, 5) is 0. The zero-order valence-electron chi connectivity index (χ0n) is 31.7. The van der Waals surface area contributed by atoms with Gasteiger partial charge in [-0.05, 0) is 100 Å². The second kappa shape index (κ2) is 12.4. The summed E-state index contributed by atoms with van der Waals surface area (Å²) >= 11 is 0. The van der Waals surface area contributed by atoms with E-state index in [-0.39, 0.29) is 6.92 Å². The molecule has 0 saturated carbocycles. The van der Waals surface area contributed by atoms with Crippen molar-refractivity contribution in [3.05, 3.63) is 194 Å². The lowest BCUT2D eigenvalue weighted by Crippen LogP contribution is -2.53. The Kier molecular flexibility index (Phi) is 6.78. The fourth-order valence-corrected chi connectivity index (χ4v) is 9.66. The van der Waals surface area contributed by atoms with Gasteiger partial charge in [-0.25, -0.2) is 0 Å². The van der Waals surface area contributed by atoms with Crippen molar-refractivity contribution in [1.29, 1.82) is 0 Å². The van der Waals surface area contributed by atoms with Crippen molar-refractivity contribution >= 4 is 61.6 Å². The number of furan rings is 1. The first-order valence-corrected chi connectivity index (χ1v) is 20.1. The van der Waals surface area contributed by atoms with E-state index in [0.29, 0.717) is 0 Å². The van der Waals surface area contributed by atoms with Crippen LogP contribution < -0.4 is 20.3 Å². The standard InChI is InChI=1S/C54H32BNO3/c1-2-14-37(36(13-1)33-25-27-50-42(29-33)41-18-6-11-23-49(41)57-50)34-26-28-51-43(30-34)44-31-35(32-53-54(44)55(59-51)45-19-7-12-24-52(45)58-53)38-15-3-8-20-46(38)56-47-21-9-4-16-39(47)40-17-5-10-22-48(40)56/h1-32H. The molecule has 4 nitrogen and oxygen atoms in total. The minimum Gasteiger partial charge on any atom is -0.551 e. The molecular formula is C54H32BNO3. The van der Waals surface area contributed by atoms with Crippen LogP contribution in [0.1, 0.15) is 0 Å². The van der Waals surface area contributed by atoms with Crippen molar-refractivity contribution in [1.82, 2.24) is 4.57 Å². The third kappa shape index (κ3) is 4.79. The van der Waals surface area contributed by atoms with E-state index in [1.807, 2.05) is 24.3 Å². The third-order valence-corrected chi connectivity index (χ3v) is 12.3. The zero-order valence-corrected chi connectivity index (χ0v) is 31.7. The van der Waals surface area contributed by atoms with Crippen LogP contribution in [0.5, 0.6) is 17.2 Å². The molecule has 5 heteroatoms. The molecule has 2 aliphatic rings. The quantitative estimate of drug-likeness (QED) is 0.168. The van der Waals surface area contributed by atoms with Gasteiger partial charge in [0, 0.05) is 43.6 Å². The van der Waals surface area contributed by atoms with E-state index in [9.17, 15) is 0 Å². The van der Waals surface area contributed by atoms with Crippen LogP contribution >= 0.6 is 0 Å². The van der Waals surface area contributed by atoms with Crippen LogP contribution in [0.4, 0.5) is 0 Å². The average Bonchev–Trinajstić information content (AvgIpc) is 3.84. The second-order valence-corrected chi connectivity index (χ2v) is 15.5. The van der Waals surface area contributed by atoms with Crippen LogP contribution in [0, 0.1) is 0 Å². The molecule has 4 heterocycles. The lowest BCUT2D eigenvalue weighted by atomic mass is 9.50. The minimum atomic E-state index is -0.297. The molecular weight excluding hydrogens is 721 g/mol. The summed E-state index contributed by atoms with van der Waals surface area (Å²) in [7, 11) is 0. The number of benzene rings is 9.